The Morgan fingerprint density at radius 2 is 1.84 bits per heavy atom. The number of nitrogens with zero attached hydrogens (tertiary/aromatic N) is 2. The second-order valence-corrected chi connectivity index (χ2v) is 10.2. The standard InChI is InChI=1S/C29H23N3O5S/c1-17(18-5-3-2-4-6-18)36-28(35)32-23-16-31-37-25(23)22-15-30-24(21-11-14-38-26(21)22)19-7-9-20(10-8-19)29(12-13-29)27(33)34/h2-11,14-17H,12-13H2,1H3,(H,32,35)(H,33,34). The van der Waals surface area contributed by atoms with Crippen LogP contribution in [0.1, 0.15) is 37.0 Å². The van der Waals surface area contributed by atoms with Gasteiger partial charge in [-0.2, -0.15) is 0 Å². The summed E-state index contributed by atoms with van der Waals surface area (Å²) in [5.74, 6) is -0.392. The van der Waals surface area contributed by atoms with Gasteiger partial charge in [-0.25, -0.2) is 4.79 Å². The molecule has 8 nitrogen and oxygen atoms in total. The zero-order chi connectivity index (χ0) is 26.3. The highest BCUT2D eigenvalue weighted by molar-refractivity contribution is 7.17. The predicted molar refractivity (Wildman–Crippen MR) is 144 cm³/mol. The molecule has 1 fully saturated rings. The second-order valence-electron chi connectivity index (χ2n) is 9.30. The molecule has 9 heteroatoms. The summed E-state index contributed by atoms with van der Waals surface area (Å²) in [5.41, 5.74) is 3.70. The number of fused-ring (bicyclic) bond motifs is 1. The molecule has 1 aliphatic rings. The first-order valence-electron chi connectivity index (χ1n) is 12.1. The number of rotatable bonds is 7. The van der Waals surface area contributed by atoms with Crippen molar-refractivity contribution in [2.24, 2.45) is 0 Å². The molecule has 2 N–H and O–H groups in total. The highest BCUT2D eigenvalue weighted by atomic mass is 32.1. The van der Waals surface area contributed by atoms with Crippen LogP contribution >= 0.6 is 11.3 Å². The van der Waals surface area contributed by atoms with Crippen LogP contribution in [-0.4, -0.2) is 27.3 Å². The number of thiophene rings is 1. The minimum Gasteiger partial charge on any atom is -0.481 e. The van der Waals surface area contributed by atoms with Crippen molar-refractivity contribution in [3.8, 4) is 22.6 Å². The Bertz CT molecular complexity index is 1640. The van der Waals surface area contributed by atoms with Gasteiger partial charge in [-0.15, -0.1) is 11.3 Å². The summed E-state index contributed by atoms with van der Waals surface area (Å²) < 4.78 is 12.0. The molecule has 0 radical (unpaired) electrons. The average molecular weight is 526 g/mol. The van der Waals surface area contributed by atoms with E-state index in [1.54, 1.807) is 13.1 Å². The SMILES string of the molecule is CC(OC(=O)Nc1cnoc1-c1cnc(-c2ccc(C3(C(=O)O)CC3)cc2)c2ccsc12)c1ccccc1. The van der Waals surface area contributed by atoms with E-state index in [0.717, 1.165) is 32.5 Å². The lowest BCUT2D eigenvalue weighted by Crippen LogP contribution is -2.19. The third kappa shape index (κ3) is 4.20. The van der Waals surface area contributed by atoms with E-state index in [1.807, 2.05) is 66.0 Å². The van der Waals surface area contributed by atoms with Gasteiger partial charge in [-0.1, -0.05) is 59.8 Å². The minimum absolute atomic E-state index is 0.382. The number of hydrogen-bond donors (Lipinski definition) is 2. The van der Waals surface area contributed by atoms with Crippen LogP contribution in [0.2, 0.25) is 0 Å². The van der Waals surface area contributed by atoms with Crippen LogP contribution in [0.25, 0.3) is 32.7 Å². The summed E-state index contributed by atoms with van der Waals surface area (Å²) in [5, 5.41) is 19.1. The molecule has 1 atom stereocenters. The minimum atomic E-state index is -0.775. The van der Waals surface area contributed by atoms with Gasteiger partial charge in [0.05, 0.1) is 22.9 Å². The van der Waals surface area contributed by atoms with Crippen LogP contribution < -0.4 is 5.32 Å². The van der Waals surface area contributed by atoms with Gasteiger partial charge >= 0.3 is 12.1 Å². The van der Waals surface area contributed by atoms with Gasteiger partial charge in [-0.3, -0.25) is 15.1 Å². The zero-order valence-electron chi connectivity index (χ0n) is 20.4. The quantitative estimate of drug-likeness (QED) is 0.234. The number of nitrogens with one attached hydrogen (secondary N) is 1. The molecule has 2 aromatic carbocycles. The molecular formula is C29H23N3O5S. The number of carboxylic acid groups (broad SMARTS) is 1. The van der Waals surface area contributed by atoms with Crippen molar-refractivity contribution in [1.29, 1.82) is 0 Å². The molecule has 0 spiro atoms. The number of aliphatic carboxylic acids is 1. The fourth-order valence-electron chi connectivity index (χ4n) is 4.67. The number of amides is 1. The molecule has 38 heavy (non-hydrogen) atoms. The maximum atomic E-state index is 12.6. The van der Waals surface area contributed by atoms with E-state index in [2.05, 4.69) is 10.5 Å². The van der Waals surface area contributed by atoms with Crippen LogP contribution in [0.3, 0.4) is 0 Å². The van der Waals surface area contributed by atoms with Crippen molar-refractivity contribution in [2.75, 3.05) is 5.32 Å². The third-order valence-corrected chi connectivity index (χ3v) is 7.91. The Morgan fingerprint density at radius 3 is 2.55 bits per heavy atom. The van der Waals surface area contributed by atoms with Crippen molar-refractivity contribution in [3.63, 3.8) is 0 Å². The first kappa shape index (κ1) is 23.9. The Kier molecular flexibility index (Phi) is 5.92. The first-order chi connectivity index (χ1) is 18.5. The number of carboxylic acids is 1. The van der Waals surface area contributed by atoms with Crippen LogP contribution in [0.4, 0.5) is 10.5 Å². The van der Waals surface area contributed by atoms with Crippen LogP contribution in [0.5, 0.6) is 0 Å². The number of carbonyl (C=O) groups is 2. The lowest BCUT2D eigenvalue weighted by atomic mass is 9.94. The van der Waals surface area contributed by atoms with Gasteiger partial charge in [0.2, 0.25) is 0 Å². The van der Waals surface area contributed by atoms with Crippen molar-refractivity contribution in [1.82, 2.24) is 10.1 Å². The normalized spacial score (nSPS) is 14.7. The van der Waals surface area contributed by atoms with Crippen molar-refractivity contribution in [3.05, 3.63) is 89.6 Å². The summed E-state index contributed by atoms with van der Waals surface area (Å²) >= 11 is 1.53. The number of aromatic nitrogens is 2. The van der Waals surface area contributed by atoms with Crippen LogP contribution in [-0.2, 0) is 14.9 Å². The van der Waals surface area contributed by atoms with Crippen molar-refractivity contribution < 1.29 is 24.0 Å². The maximum absolute atomic E-state index is 12.6. The van der Waals surface area contributed by atoms with E-state index in [1.165, 1.54) is 17.5 Å². The van der Waals surface area contributed by atoms with E-state index in [4.69, 9.17) is 14.2 Å². The summed E-state index contributed by atoms with van der Waals surface area (Å²) in [6, 6.07) is 19.1. The molecule has 1 aliphatic carbocycles. The highest BCUT2D eigenvalue weighted by Gasteiger charge is 2.51. The Balaban J connectivity index is 1.26. The topological polar surface area (TPSA) is 115 Å². The number of pyridine rings is 1. The third-order valence-electron chi connectivity index (χ3n) is 6.96. The smallest absolute Gasteiger partial charge is 0.412 e. The molecule has 1 saturated carbocycles. The van der Waals surface area contributed by atoms with E-state index in [9.17, 15) is 14.7 Å². The van der Waals surface area contributed by atoms with E-state index in [0.29, 0.717) is 29.9 Å². The second kappa shape index (κ2) is 9.42. The van der Waals surface area contributed by atoms with Gasteiger partial charge in [0.1, 0.15) is 11.8 Å². The number of hydrogen-bond acceptors (Lipinski definition) is 7. The largest absolute Gasteiger partial charge is 0.481 e. The molecule has 6 rings (SSSR count). The molecule has 0 aliphatic heterocycles. The molecule has 5 aromatic rings. The van der Waals surface area contributed by atoms with Gasteiger partial charge in [0.25, 0.3) is 0 Å². The molecule has 0 bridgehead atoms. The van der Waals surface area contributed by atoms with Crippen LogP contribution in [0, 0.1) is 0 Å². The number of ether oxygens (including phenoxy) is 1. The average Bonchev–Trinajstić information content (AvgIpc) is 3.38. The lowest BCUT2D eigenvalue weighted by Gasteiger charge is -2.14. The number of carbonyl (C=O) groups excluding carboxylic acids is 1. The Morgan fingerprint density at radius 1 is 1.08 bits per heavy atom. The van der Waals surface area contributed by atoms with Gasteiger partial charge in [-0.05, 0) is 42.3 Å². The molecule has 190 valence electrons. The highest BCUT2D eigenvalue weighted by Crippen LogP contribution is 2.49. The van der Waals surface area contributed by atoms with Crippen LogP contribution in [0.15, 0.2) is 83.0 Å². The van der Waals surface area contributed by atoms with E-state index < -0.39 is 23.6 Å². The molecule has 1 amide bonds. The predicted octanol–water partition coefficient (Wildman–Crippen LogP) is 7.04. The van der Waals surface area contributed by atoms with Gasteiger partial charge in [0, 0.05) is 21.8 Å². The first-order valence-corrected chi connectivity index (χ1v) is 13.0. The Labute approximate surface area is 221 Å². The summed E-state index contributed by atoms with van der Waals surface area (Å²) in [7, 11) is 0. The number of benzene rings is 2. The molecule has 1 unspecified atom stereocenters. The van der Waals surface area contributed by atoms with Crippen molar-refractivity contribution in [2.45, 2.75) is 31.3 Å². The Hall–Kier alpha value is -4.50. The van der Waals surface area contributed by atoms with Crippen molar-refractivity contribution >= 4 is 39.2 Å². The maximum Gasteiger partial charge on any atom is 0.412 e. The summed E-state index contributed by atoms with van der Waals surface area (Å²) in [6.45, 7) is 1.81. The fraction of sp³-hybridized carbons (Fsp3) is 0.172. The van der Waals surface area contributed by atoms with E-state index >= 15 is 0 Å². The lowest BCUT2D eigenvalue weighted by molar-refractivity contribution is -0.140. The fourth-order valence-corrected chi connectivity index (χ4v) is 5.57. The van der Waals surface area contributed by atoms with Gasteiger partial charge in [0.15, 0.2) is 5.76 Å². The molecule has 3 aromatic heterocycles. The van der Waals surface area contributed by atoms with Gasteiger partial charge < -0.3 is 14.4 Å². The molecular weight excluding hydrogens is 502 g/mol. The van der Waals surface area contributed by atoms with E-state index in [-0.39, 0.29) is 0 Å². The molecule has 3 heterocycles. The summed E-state index contributed by atoms with van der Waals surface area (Å²) in [4.78, 5) is 29.0. The number of anilines is 1. The molecule has 0 saturated heterocycles. The monoisotopic (exact) mass is 525 g/mol. The summed E-state index contributed by atoms with van der Waals surface area (Å²) in [6.07, 6.45) is 3.41. The zero-order valence-corrected chi connectivity index (χ0v) is 21.2.